The molecule has 0 saturated carbocycles. The number of hydrogen-bond acceptors (Lipinski definition) is 8. The van der Waals surface area contributed by atoms with Crippen LogP contribution in [0.3, 0.4) is 0 Å². The van der Waals surface area contributed by atoms with Gasteiger partial charge >= 0.3 is 5.97 Å². The van der Waals surface area contributed by atoms with Crippen molar-refractivity contribution in [2.24, 2.45) is 5.73 Å². The topological polar surface area (TPSA) is 187 Å². The first-order valence-electron chi connectivity index (χ1n) is 11.3. The van der Waals surface area contributed by atoms with Crippen LogP contribution in [0.15, 0.2) is 30.5 Å². The fourth-order valence-electron chi connectivity index (χ4n) is 3.49. The van der Waals surface area contributed by atoms with E-state index in [9.17, 15) is 29.4 Å². The summed E-state index contributed by atoms with van der Waals surface area (Å²) in [6, 6.07) is 2.63. The lowest BCUT2D eigenvalue weighted by atomic mass is 10.0. The quantitative estimate of drug-likeness (QED) is 0.150. The van der Waals surface area contributed by atoms with Crippen molar-refractivity contribution in [1.29, 1.82) is 0 Å². The van der Waals surface area contributed by atoms with Crippen LogP contribution in [0.2, 0.25) is 0 Å². The Morgan fingerprint density at radius 3 is 2.36 bits per heavy atom. The fourth-order valence-corrected chi connectivity index (χ4v) is 4.24. The van der Waals surface area contributed by atoms with Gasteiger partial charge in [0.2, 0.25) is 17.7 Å². The minimum atomic E-state index is -1.47. The third kappa shape index (κ3) is 8.15. The molecule has 3 amide bonds. The smallest absolute Gasteiger partial charge is 0.326 e. The van der Waals surface area contributed by atoms with Crippen molar-refractivity contribution in [3.63, 3.8) is 0 Å². The molecular formula is C23H33N5O6S2. The summed E-state index contributed by atoms with van der Waals surface area (Å²) in [7, 11) is 0. The number of aliphatic carboxylic acids is 1. The number of hydrogen-bond donors (Lipinski definition) is 8. The maximum absolute atomic E-state index is 12.9. The van der Waals surface area contributed by atoms with E-state index < -0.39 is 54.0 Å². The second-order valence-corrected chi connectivity index (χ2v) is 9.67. The highest BCUT2D eigenvalue weighted by atomic mass is 32.2. The van der Waals surface area contributed by atoms with E-state index in [1.54, 1.807) is 6.20 Å². The van der Waals surface area contributed by atoms with E-state index in [0.717, 1.165) is 10.9 Å². The molecule has 0 bridgehead atoms. The number of amides is 3. The van der Waals surface area contributed by atoms with Crippen molar-refractivity contribution >= 4 is 59.0 Å². The number of benzene rings is 1. The van der Waals surface area contributed by atoms with Gasteiger partial charge in [0.1, 0.15) is 18.1 Å². The summed E-state index contributed by atoms with van der Waals surface area (Å²) < 4.78 is 0. The van der Waals surface area contributed by atoms with Crippen LogP contribution in [0.5, 0.6) is 0 Å². The van der Waals surface area contributed by atoms with E-state index in [2.05, 4.69) is 33.6 Å². The van der Waals surface area contributed by atoms with E-state index >= 15 is 0 Å². The minimum Gasteiger partial charge on any atom is -0.480 e. The van der Waals surface area contributed by atoms with Crippen LogP contribution in [0.1, 0.15) is 18.9 Å². The SMILES string of the molecule is CSCCC(N)C(=O)NC(CS)C(=O)NC(C(=O)NC(Cc1c[nH]c2ccccc12)C(=O)O)C(C)O. The predicted molar refractivity (Wildman–Crippen MR) is 142 cm³/mol. The van der Waals surface area contributed by atoms with Gasteiger partial charge in [0.05, 0.1) is 12.1 Å². The average Bonchev–Trinajstić information content (AvgIpc) is 3.25. The van der Waals surface area contributed by atoms with Crippen LogP contribution in [0.25, 0.3) is 10.9 Å². The number of carbonyl (C=O) groups is 4. The number of nitrogens with two attached hydrogens (primary N) is 1. The van der Waals surface area contributed by atoms with E-state index in [0.29, 0.717) is 17.7 Å². The predicted octanol–water partition coefficient (Wildman–Crippen LogP) is -0.360. The highest BCUT2D eigenvalue weighted by molar-refractivity contribution is 7.98. The number of aliphatic hydroxyl groups excluding tert-OH is 1. The molecule has 1 heterocycles. The third-order valence-electron chi connectivity index (χ3n) is 5.56. The monoisotopic (exact) mass is 539 g/mol. The number of rotatable bonds is 14. The van der Waals surface area contributed by atoms with Crippen LogP contribution in [-0.2, 0) is 25.6 Å². The van der Waals surface area contributed by atoms with E-state index in [-0.39, 0.29) is 12.2 Å². The standard InChI is InChI=1S/C23H33N5O6S2/c1-12(29)19(28-21(31)18(11-35)27-20(30)15(24)7-8-36-2)22(32)26-17(23(33)34)9-13-10-25-16-6-4-3-5-14(13)16/h3-6,10,12,15,17-19,25,29,35H,7-9,11,24H2,1-2H3,(H,26,32)(H,27,30)(H,28,31)(H,33,34). The molecule has 5 unspecified atom stereocenters. The zero-order valence-electron chi connectivity index (χ0n) is 20.1. The molecule has 0 aliphatic carbocycles. The number of para-hydroxylation sites is 1. The van der Waals surface area contributed by atoms with Gasteiger partial charge in [-0.05, 0) is 37.0 Å². The Kier molecular flexibility index (Phi) is 11.6. The number of carbonyl (C=O) groups excluding carboxylic acids is 3. The lowest BCUT2D eigenvalue weighted by Crippen LogP contribution is -2.60. The second kappa shape index (κ2) is 14.1. The largest absolute Gasteiger partial charge is 0.480 e. The Balaban J connectivity index is 2.07. The fraction of sp³-hybridized carbons (Fsp3) is 0.478. The molecule has 1 aromatic carbocycles. The summed E-state index contributed by atoms with van der Waals surface area (Å²) in [4.78, 5) is 52.9. The number of H-pyrrole nitrogens is 1. The van der Waals surface area contributed by atoms with Gasteiger partial charge < -0.3 is 36.9 Å². The minimum absolute atomic E-state index is 0.0190. The summed E-state index contributed by atoms with van der Waals surface area (Å²) in [6.45, 7) is 1.28. The molecule has 5 atom stereocenters. The van der Waals surface area contributed by atoms with Crippen molar-refractivity contribution in [2.45, 2.75) is 50.0 Å². The van der Waals surface area contributed by atoms with E-state index in [1.807, 2.05) is 30.5 Å². The van der Waals surface area contributed by atoms with E-state index in [4.69, 9.17) is 5.73 Å². The number of aliphatic hydroxyl groups is 1. The lowest BCUT2D eigenvalue weighted by Gasteiger charge is -2.26. The maximum Gasteiger partial charge on any atom is 0.326 e. The molecule has 8 N–H and O–H groups in total. The van der Waals surface area contributed by atoms with Gasteiger partial charge in [-0.25, -0.2) is 4.79 Å². The number of carboxylic acid groups (broad SMARTS) is 1. The third-order valence-corrected chi connectivity index (χ3v) is 6.57. The van der Waals surface area contributed by atoms with Crippen LogP contribution < -0.4 is 21.7 Å². The van der Waals surface area contributed by atoms with Crippen molar-refractivity contribution in [1.82, 2.24) is 20.9 Å². The zero-order chi connectivity index (χ0) is 26.8. The van der Waals surface area contributed by atoms with Gasteiger partial charge in [-0.15, -0.1) is 0 Å². The molecule has 13 heteroatoms. The highest BCUT2D eigenvalue weighted by Crippen LogP contribution is 2.19. The molecular weight excluding hydrogens is 506 g/mol. The Morgan fingerprint density at radius 2 is 1.75 bits per heavy atom. The van der Waals surface area contributed by atoms with E-state index in [1.165, 1.54) is 18.7 Å². The molecule has 0 radical (unpaired) electrons. The molecule has 0 saturated heterocycles. The Morgan fingerprint density at radius 1 is 1.08 bits per heavy atom. The van der Waals surface area contributed by atoms with Gasteiger partial charge in [0, 0.05) is 29.3 Å². The summed E-state index contributed by atoms with van der Waals surface area (Å²) in [5.74, 6) is -2.88. The van der Waals surface area contributed by atoms with Crippen molar-refractivity contribution in [3.05, 3.63) is 36.0 Å². The van der Waals surface area contributed by atoms with Crippen molar-refractivity contribution in [2.75, 3.05) is 17.8 Å². The summed E-state index contributed by atoms with van der Waals surface area (Å²) >= 11 is 5.62. The van der Waals surface area contributed by atoms with Crippen LogP contribution >= 0.6 is 24.4 Å². The molecule has 0 aliphatic heterocycles. The first-order chi connectivity index (χ1) is 17.1. The van der Waals surface area contributed by atoms with Gasteiger partial charge in [0.25, 0.3) is 0 Å². The first kappa shape index (κ1) is 29.5. The number of thioether (sulfide) groups is 1. The van der Waals surface area contributed by atoms with Crippen molar-refractivity contribution < 1.29 is 29.4 Å². The van der Waals surface area contributed by atoms with Crippen LogP contribution in [0, 0.1) is 0 Å². The number of aromatic nitrogens is 1. The molecule has 11 nitrogen and oxygen atoms in total. The number of nitrogens with one attached hydrogen (secondary N) is 4. The molecule has 0 spiro atoms. The molecule has 0 aliphatic rings. The molecule has 2 rings (SSSR count). The average molecular weight is 540 g/mol. The Labute approximate surface area is 218 Å². The van der Waals surface area contributed by atoms with Gasteiger partial charge in [-0.1, -0.05) is 18.2 Å². The number of fused-ring (bicyclic) bond motifs is 1. The molecule has 198 valence electrons. The Bertz CT molecular complexity index is 1060. The summed E-state index contributed by atoms with van der Waals surface area (Å²) in [5.41, 5.74) is 7.34. The summed E-state index contributed by atoms with van der Waals surface area (Å²) in [6.07, 6.45) is 2.60. The maximum atomic E-state index is 12.9. The molecule has 1 aromatic heterocycles. The van der Waals surface area contributed by atoms with Gasteiger partial charge in [-0.3, -0.25) is 14.4 Å². The number of aromatic amines is 1. The van der Waals surface area contributed by atoms with Crippen LogP contribution in [-0.4, -0.2) is 86.9 Å². The highest BCUT2D eigenvalue weighted by Gasteiger charge is 2.32. The first-order valence-corrected chi connectivity index (χ1v) is 13.3. The van der Waals surface area contributed by atoms with Crippen LogP contribution in [0.4, 0.5) is 0 Å². The molecule has 36 heavy (non-hydrogen) atoms. The molecule has 2 aromatic rings. The van der Waals surface area contributed by atoms with Crippen molar-refractivity contribution in [3.8, 4) is 0 Å². The lowest BCUT2D eigenvalue weighted by molar-refractivity contribution is -0.143. The second-order valence-electron chi connectivity index (χ2n) is 8.32. The normalized spacial score (nSPS) is 15.4. The van der Waals surface area contributed by atoms with Gasteiger partial charge in [-0.2, -0.15) is 24.4 Å². The molecule has 0 fully saturated rings. The number of thiol groups is 1. The zero-order valence-corrected chi connectivity index (χ0v) is 21.8. The van der Waals surface area contributed by atoms with Gasteiger partial charge in [0.15, 0.2) is 0 Å². The Hall–Kier alpha value is -2.74. The number of carboxylic acids is 1. The summed E-state index contributed by atoms with van der Waals surface area (Å²) in [5, 5.41) is 27.9.